The number of nitrogens with one attached hydrogen (secondary N) is 1. The highest BCUT2D eigenvalue weighted by Crippen LogP contribution is 2.24. The molecule has 1 amide bonds. The fraction of sp³-hybridized carbons (Fsp3) is 0.286. The Morgan fingerprint density at radius 2 is 2.11 bits per heavy atom. The van der Waals surface area contributed by atoms with Gasteiger partial charge in [0.25, 0.3) is 0 Å². The van der Waals surface area contributed by atoms with Crippen molar-refractivity contribution in [3.63, 3.8) is 0 Å². The highest BCUT2D eigenvalue weighted by molar-refractivity contribution is 7.14. The normalized spacial score (nSPS) is 10.6. The molecule has 3 rings (SSSR count). The van der Waals surface area contributed by atoms with Crippen molar-refractivity contribution in [1.29, 1.82) is 0 Å². The van der Waals surface area contributed by atoms with E-state index in [1.54, 1.807) is 12.4 Å². The fourth-order valence-electron chi connectivity index (χ4n) is 2.59. The zero-order valence-electron chi connectivity index (χ0n) is 15.6. The van der Waals surface area contributed by atoms with Gasteiger partial charge in [0.2, 0.25) is 5.91 Å². The van der Waals surface area contributed by atoms with E-state index in [9.17, 15) is 4.79 Å². The number of unbranched alkanes of at least 4 members (excludes halogenated alkanes) is 1. The van der Waals surface area contributed by atoms with Gasteiger partial charge in [0.05, 0.1) is 12.3 Å². The van der Waals surface area contributed by atoms with Crippen LogP contribution in [0.5, 0.6) is 5.75 Å². The van der Waals surface area contributed by atoms with Crippen LogP contribution in [0.4, 0.5) is 5.13 Å². The molecule has 0 fully saturated rings. The molecule has 3 aromatic rings. The Morgan fingerprint density at radius 1 is 1.22 bits per heavy atom. The first-order valence-corrected chi connectivity index (χ1v) is 9.85. The Hall–Kier alpha value is -2.73. The first kappa shape index (κ1) is 19.0. The van der Waals surface area contributed by atoms with Crippen LogP contribution in [0.15, 0.2) is 48.1 Å². The molecule has 0 aliphatic heterocycles. The van der Waals surface area contributed by atoms with Crippen LogP contribution in [-0.2, 0) is 4.79 Å². The van der Waals surface area contributed by atoms with E-state index < -0.39 is 0 Å². The van der Waals surface area contributed by atoms with E-state index in [0.29, 0.717) is 18.2 Å². The van der Waals surface area contributed by atoms with Crippen LogP contribution < -0.4 is 10.1 Å². The number of carbonyl (C=O) groups is 1. The summed E-state index contributed by atoms with van der Waals surface area (Å²) in [6.07, 6.45) is 5.55. The fourth-order valence-corrected chi connectivity index (χ4v) is 3.33. The summed E-state index contributed by atoms with van der Waals surface area (Å²) in [6.45, 7) is 4.70. The van der Waals surface area contributed by atoms with Crippen LogP contribution in [0.3, 0.4) is 0 Å². The van der Waals surface area contributed by atoms with Crippen molar-refractivity contribution in [2.75, 3.05) is 11.9 Å². The quantitative estimate of drug-likeness (QED) is 0.557. The second kappa shape index (κ2) is 9.28. The molecule has 6 heteroatoms. The summed E-state index contributed by atoms with van der Waals surface area (Å²) in [5.74, 6) is 0.902. The number of aryl methyl sites for hydroxylation is 2. The van der Waals surface area contributed by atoms with Gasteiger partial charge < -0.3 is 10.1 Å². The lowest BCUT2D eigenvalue weighted by molar-refractivity contribution is -0.116. The van der Waals surface area contributed by atoms with Crippen molar-refractivity contribution in [3.05, 3.63) is 59.2 Å². The molecule has 2 heterocycles. The van der Waals surface area contributed by atoms with Crippen molar-refractivity contribution in [1.82, 2.24) is 9.97 Å². The molecular formula is C21H23N3O2S. The summed E-state index contributed by atoms with van der Waals surface area (Å²) in [5, 5.41) is 5.40. The molecule has 1 N–H and O–H groups in total. The van der Waals surface area contributed by atoms with Gasteiger partial charge in [-0.25, -0.2) is 4.98 Å². The van der Waals surface area contributed by atoms with Gasteiger partial charge in [-0.05, 0) is 56.0 Å². The topological polar surface area (TPSA) is 64.1 Å². The minimum Gasteiger partial charge on any atom is -0.493 e. The van der Waals surface area contributed by atoms with Gasteiger partial charge in [0, 0.05) is 29.8 Å². The Kier molecular flexibility index (Phi) is 6.54. The van der Waals surface area contributed by atoms with Gasteiger partial charge in [-0.2, -0.15) is 0 Å². The molecule has 5 nitrogen and oxygen atoms in total. The lowest BCUT2D eigenvalue weighted by Crippen LogP contribution is -2.11. The molecule has 0 saturated carbocycles. The van der Waals surface area contributed by atoms with Gasteiger partial charge in [-0.1, -0.05) is 12.1 Å². The number of hydrogen-bond acceptors (Lipinski definition) is 5. The lowest BCUT2D eigenvalue weighted by Gasteiger charge is -2.09. The summed E-state index contributed by atoms with van der Waals surface area (Å²) in [6, 6.07) is 10.00. The first-order valence-electron chi connectivity index (χ1n) is 8.97. The summed E-state index contributed by atoms with van der Waals surface area (Å²) in [4.78, 5) is 20.6. The second-order valence-corrected chi connectivity index (χ2v) is 7.26. The molecule has 1 aromatic carbocycles. The van der Waals surface area contributed by atoms with E-state index in [1.807, 2.05) is 30.5 Å². The molecule has 0 radical (unpaired) electrons. The number of hydrogen-bond donors (Lipinski definition) is 1. The third kappa shape index (κ3) is 5.62. The molecule has 0 saturated heterocycles. The molecular weight excluding hydrogens is 358 g/mol. The van der Waals surface area contributed by atoms with Gasteiger partial charge in [-0.15, -0.1) is 11.3 Å². The van der Waals surface area contributed by atoms with Gasteiger partial charge in [-0.3, -0.25) is 9.78 Å². The molecule has 0 aliphatic rings. The van der Waals surface area contributed by atoms with Crippen LogP contribution in [-0.4, -0.2) is 22.5 Å². The predicted molar refractivity (Wildman–Crippen MR) is 109 cm³/mol. The molecule has 0 spiro atoms. The number of rotatable bonds is 8. The van der Waals surface area contributed by atoms with Crippen molar-refractivity contribution < 1.29 is 9.53 Å². The largest absolute Gasteiger partial charge is 0.493 e. The summed E-state index contributed by atoms with van der Waals surface area (Å²) < 4.78 is 5.82. The minimum atomic E-state index is -0.0196. The number of amides is 1. The van der Waals surface area contributed by atoms with E-state index in [1.165, 1.54) is 16.9 Å². The molecule has 0 bridgehead atoms. The Morgan fingerprint density at radius 3 is 2.93 bits per heavy atom. The molecule has 2 aromatic heterocycles. The van der Waals surface area contributed by atoms with Crippen LogP contribution in [0.2, 0.25) is 0 Å². The van der Waals surface area contributed by atoms with Crippen molar-refractivity contribution in [3.8, 4) is 17.0 Å². The highest BCUT2D eigenvalue weighted by atomic mass is 32.1. The maximum Gasteiger partial charge on any atom is 0.226 e. The Balaban J connectivity index is 1.39. The zero-order chi connectivity index (χ0) is 19.1. The summed E-state index contributed by atoms with van der Waals surface area (Å²) >= 11 is 1.42. The average Bonchev–Trinajstić information content (AvgIpc) is 3.13. The number of carbonyl (C=O) groups excluding carboxylic acids is 1. The van der Waals surface area contributed by atoms with Crippen LogP contribution in [0.1, 0.15) is 30.4 Å². The second-order valence-electron chi connectivity index (χ2n) is 6.40. The third-order valence-corrected chi connectivity index (χ3v) is 4.86. The van der Waals surface area contributed by atoms with Gasteiger partial charge in [0.1, 0.15) is 5.75 Å². The van der Waals surface area contributed by atoms with E-state index in [0.717, 1.165) is 35.4 Å². The number of ether oxygens (including phenoxy) is 1. The third-order valence-electron chi connectivity index (χ3n) is 4.11. The van der Waals surface area contributed by atoms with Crippen molar-refractivity contribution >= 4 is 22.4 Å². The maximum absolute atomic E-state index is 12.1. The number of thiazole rings is 1. The number of pyridine rings is 1. The molecule has 27 heavy (non-hydrogen) atoms. The van der Waals surface area contributed by atoms with E-state index in [-0.39, 0.29) is 5.91 Å². The van der Waals surface area contributed by atoms with E-state index >= 15 is 0 Å². The Labute approximate surface area is 163 Å². The van der Waals surface area contributed by atoms with Gasteiger partial charge >= 0.3 is 0 Å². The SMILES string of the molecule is Cc1ccc(C)c(OCCCCC(=O)Nc2nc(-c3cccnc3)cs2)c1. The first-order chi connectivity index (χ1) is 13.1. The van der Waals surface area contributed by atoms with Crippen molar-refractivity contribution in [2.24, 2.45) is 0 Å². The highest BCUT2D eigenvalue weighted by Gasteiger charge is 2.08. The van der Waals surface area contributed by atoms with E-state index in [2.05, 4.69) is 34.3 Å². The Bertz CT molecular complexity index is 893. The zero-order valence-corrected chi connectivity index (χ0v) is 16.4. The number of nitrogens with zero attached hydrogens (tertiary/aromatic N) is 2. The summed E-state index contributed by atoms with van der Waals surface area (Å²) in [7, 11) is 0. The smallest absolute Gasteiger partial charge is 0.226 e. The monoisotopic (exact) mass is 381 g/mol. The lowest BCUT2D eigenvalue weighted by atomic mass is 10.1. The van der Waals surface area contributed by atoms with Crippen LogP contribution in [0.25, 0.3) is 11.3 Å². The summed E-state index contributed by atoms with van der Waals surface area (Å²) in [5.41, 5.74) is 4.08. The molecule has 0 atom stereocenters. The molecule has 0 aliphatic carbocycles. The predicted octanol–water partition coefficient (Wildman–Crippen LogP) is 5.01. The number of anilines is 1. The molecule has 140 valence electrons. The van der Waals surface area contributed by atoms with Gasteiger partial charge in [0.15, 0.2) is 5.13 Å². The minimum absolute atomic E-state index is 0.0196. The van der Waals surface area contributed by atoms with Crippen LogP contribution >= 0.6 is 11.3 Å². The molecule has 0 unspecified atom stereocenters. The standard InChI is InChI=1S/C21H23N3O2S/c1-15-8-9-16(2)19(12-15)26-11-4-3-7-20(25)24-21-23-18(14-27-21)17-6-5-10-22-13-17/h5-6,8-10,12-14H,3-4,7,11H2,1-2H3,(H,23,24,25). The number of aromatic nitrogens is 2. The van der Waals surface area contributed by atoms with Crippen molar-refractivity contribution in [2.45, 2.75) is 33.1 Å². The number of benzene rings is 1. The average molecular weight is 382 g/mol. The maximum atomic E-state index is 12.1. The van der Waals surface area contributed by atoms with Crippen LogP contribution in [0, 0.1) is 13.8 Å². The van der Waals surface area contributed by atoms with E-state index in [4.69, 9.17) is 4.74 Å².